The molecular formula is C20H18N6O. The van der Waals surface area contributed by atoms with Gasteiger partial charge in [-0.2, -0.15) is 10.2 Å². The highest BCUT2D eigenvalue weighted by molar-refractivity contribution is 5.94. The van der Waals surface area contributed by atoms with Crippen molar-refractivity contribution in [2.75, 3.05) is 0 Å². The summed E-state index contributed by atoms with van der Waals surface area (Å²) >= 11 is 0. The summed E-state index contributed by atoms with van der Waals surface area (Å²) in [6.45, 7) is 0.378. The molecule has 0 saturated heterocycles. The van der Waals surface area contributed by atoms with E-state index in [0.717, 1.165) is 22.5 Å². The summed E-state index contributed by atoms with van der Waals surface area (Å²) in [6, 6.07) is 13.0. The van der Waals surface area contributed by atoms with Crippen LogP contribution in [0.4, 0.5) is 0 Å². The minimum Gasteiger partial charge on any atom is -0.348 e. The standard InChI is InChI=1S/C20H18N6O/c1-25-14-17(13-24-25)19-16(6-3-8-21-19)12-22-20(27)15-5-2-7-18(11-15)26-10-4-9-23-26/h2-11,13-14H,12H2,1H3,(H,22,27). The number of aromatic nitrogens is 5. The lowest BCUT2D eigenvalue weighted by Gasteiger charge is -2.10. The average molecular weight is 358 g/mol. The molecule has 0 aliphatic carbocycles. The SMILES string of the molecule is Cn1cc(-c2ncccc2CNC(=O)c2cccc(-n3cccn3)c2)cn1. The van der Waals surface area contributed by atoms with Crippen LogP contribution in [0.15, 0.2) is 73.4 Å². The zero-order valence-electron chi connectivity index (χ0n) is 14.8. The third-order valence-electron chi connectivity index (χ3n) is 4.19. The molecule has 0 aliphatic rings. The molecule has 0 bridgehead atoms. The highest BCUT2D eigenvalue weighted by atomic mass is 16.1. The van der Waals surface area contributed by atoms with Crippen LogP contribution < -0.4 is 5.32 Å². The first-order valence-corrected chi connectivity index (χ1v) is 8.52. The van der Waals surface area contributed by atoms with Gasteiger partial charge in [0, 0.05) is 49.5 Å². The molecule has 0 saturated carbocycles. The first kappa shape index (κ1) is 16.7. The maximum absolute atomic E-state index is 12.6. The number of carbonyl (C=O) groups is 1. The van der Waals surface area contributed by atoms with Crippen LogP contribution in [-0.2, 0) is 13.6 Å². The zero-order chi connectivity index (χ0) is 18.6. The highest BCUT2D eigenvalue weighted by Gasteiger charge is 2.11. The smallest absolute Gasteiger partial charge is 0.251 e. The van der Waals surface area contributed by atoms with Crippen molar-refractivity contribution in [2.45, 2.75) is 6.54 Å². The molecule has 3 heterocycles. The van der Waals surface area contributed by atoms with E-state index in [1.165, 1.54) is 0 Å². The van der Waals surface area contributed by atoms with Crippen molar-refractivity contribution in [3.8, 4) is 16.9 Å². The number of hydrogen-bond acceptors (Lipinski definition) is 4. The molecule has 0 spiro atoms. The molecule has 0 radical (unpaired) electrons. The lowest BCUT2D eigenvalue weighted by atomic mass is 10.1. The Balaban J connectivity index is 1.51. The molecule has 0 aliphatic heterocycles. The topological polar surface area (TPSA) is 77.6 Å². The molecule has 0 atom stereocenters. The average Bonchev–Trinajstić information content (AvgIpc) is 3.38. The lowest BCUT2D eigenvalue weighted by Crippen LogP contribution is -2.23. The number of benzene rings is 1. The van der Waals surface area contributed by atoms with Gasteiger partial charge in [-0.3, -0.25) is 14.5 Å². The minimum atomic E-state index is -0.148. The Kier molecular flexibility index (Phi) is 4.49. The van der Waals surface area contributed by atoms with Gasteiger partial charge in [0.2, 0.25) is 0 Å². The molecule has 0 fully saturated rings. The third kappa shape index (κ3) is 3.62. The number of nitrogens with one attached hydrogen (secondary N) is 1. The summed E-state index contributed by atoms with van der Waals surface area (Å²) in [6.07, 6.45) is 8.95. The van der Waals surface area contributed by atoms with Crippen molar-refractivity contribution in [1.82, 2.24) is 29.9 Å². The second-order valence-corrected chi connectivity index (χ2v) is 6.10. The van der Waals surface area contributed by atoms with Crippen LogP contribution in [0.5, 0.6) is 0 Å². The van der Waals surface area contributed by atoms with Crippen molar-refractivity contribution >= 4 is 5.91 Å². The van der Waals surface area contributed by atoms with Crippen LogP contribution >= 0.6 is 0 Å². The van der Waals surface area contributed by atoms with Gasteiger partial charge < -0.3 is 5.32 Å². The molecule has 0 unspecified atom stereocenters. The van der Waals surface area contributed by atoms with Gasteiger partial charge >= 0.3 is 0 Å². The van der Waals surface area contributed by atoms with Gasteiger partial charge in [0.05, 0.1) is 17.6 Å². The van der Waals surface area contributed by atoms with Gasteiger partial charge in [0.15, 0.2) is 0 Å². The summed E-state index contributed by atoms with van der Waals surface area (Å²) in [7, 11) is 1.86. The maximum Gasteiger partial charge on any atom is 0.251 e. The molecule has 4 rings (SSSR count). The van der Waals surface area contributed by atoms with Crippen molar-refractivity contribution < 1.29 is 4.79 Å². The van der Waals surface area contributed by atoms with Crippen LogP contribution in [0.3, 0.4) is 0 Å². The Morgan fingerprint density at radius 1 is 1.11 bits per heavy atom. The Morgan fingerprint density at radius 2 is 2.04 bits per heavy atom. The molecular weight excluding hydrogens is 340 g/mol. The predicted molar refractivity (Wildman–Crippen MR) is 101 cm³/mol. The monoisotopic (exact) mass is 358 g/mol. The number of aryl methyl sites for hydroxylation is 1. The lowest BCUT2D eigenvalue weighted by molar-refractivity contribution is 0.0951. The van der Waals surface area contributed by atoms with Crippen molar-refractivity contribution in [2.24, 2.45) is 7.05 Å². The van der Waals surface area contributed by atoms with Crippen LogP contribution in [0.25, 0.3) is 16.9 Å². The molecule has 1 amide bonds. The molecule has 1 N–H and O–H groups in total. The largest absolute Gasteiger partial charge is 0.348 e. The molecule has 4 aromatic rings. The van der Waals surface area contributed by atoms with Gasteiger partial charge in [0.25, 0.3) is 5.91 Å². The van der Waals surface area contributed by atoms with Crippen molar-refractivity contribution in [3.05, 3.63) is 84.6 Å². The molecule has 7 heteroatoms. The van der Waals surface area contributed by atoms with E-state index in [0.29, 0.717) is 12.1 Å². The second kappa shape index (κ2) is 7.25. The quantitative estimate of drug-likeness (QED) is 0.595. The van der Waals surface area contributed by atoms with E-state index in [1.54, 1.807) is 34.0 Å². The number of pyridine rings is 1. The van der Waals surface area contributed by atoms with Gasteiger partial charge in [-0.05, 0) is 35.9 Å². The van der Waals surface area contributed by atoms with Gasteiger partial charge in [-0.25, -0.2) is 4.68 Å². The summed E-state index contributed by atoms with van der Waals surface area (Å²) < 4.78 is 3.45. The summed E-state index contributed by atoms with van der Waals surface area (Å²) in [5, 5.41) is 11.4. The normalized spacial score (nSPS) is 10.7. The molecule has 134 valence electrons. The Bertz CT molecular complexity index is 1070. The Hall–Kier alpha value is -3.74. The maximum atomic E-state index is 12.6. The van der Waals surface area contributed by atoms with Gasteiger partial charge in [-0.15, -0.1) is 0 Å². The third-order valence-corrected chi connectivity index (χ3v) is 4.19. The molecule has 3 aromatic heterocycles. The van der Waals surface area contributed by atoms with Gasteiger partial charge in [-0.1, -0.05) is 12.1 Å². The first-order chi connectivity index (χ1) is 13.2. The van der Waals surface area contributed by atoms with E-state index in [1.807, 2.05) is 55.8 Å². The molecule has 7 nitrogen and oxygen atoms in total. The highest BCUT2D eigenvalue weighted by Crippen LogP contribution is 2.20. The fraction of sp³-hybridized carbons (Fsp3) is 0.100. The first-order valence-electron chi connectivity index (χ1n) is 8.52. The number of rotatable bonds is 5. The summed E-state index contributed by atoms with van der Waals surface area (Å²) in [4.78, 5) is 17.1. The fourth-order valence-electron chi connectivity index (χ4n) is 2.87. The number of nitrogens with zero attached hydrogens (tertiary/aromatic N) is 5. The van der Waals surface area contributed by atoms with Crippen LogP contribution in [-0.4, -0.2) is 30.5 Å². The van der Waals surface area contributed by atoms with E-state index in [9.17, 15) is 4.79 Å². The minimum absolute atomic E-state index is 0.148. The Morgan fingerprint density at radius 3 is 2.81 bits per heavy atom. The summed E-state index contributed by atoms with van der Waals surface area (Å²) in [5.41, 5.74) is 4.08. The van der Waals surface area contributed by atoms with E-state index < -0.39 is 0 Å². The van der Waals surface area contributed by atoms with Crippen LogP contribution in [0, 0.1) is 0 Å². The zero-order valence-corrected chi connectivity index (χ0v) is 14.8. The number of carbonyl (C=O) groups excluding carboxylic acids is 1. The van der Waals surface area contributed by atoms with Crippen molar-refractivity contribution in [3.63, 3.8) is 0 Å². The molecule has 27 heavy (non-hydrogen) atoms. The molecule has 1 aromatic carbocycles. The fourth-order valence-corrected chi connectivity index (χ4v) is 2.87. The predicted octanol–water partition coefficient (Wildman–Crippen LogP) is 2.60. The second-order valence-electron chi connectivity index (χ2n) is 6.10. The van der Waals surface area contributed by atoms with E-state index >= 15 is 0 Å². The van der Waals surface area contributed by atoms with Gasteiger partial charge in [0.1, 0.15) is 0 Å². The van der Waals surface area contributed by atoms with Crippen molar-refractivity contribution in [1.29, 1.82) is 0 Å². The number of hydrogen-bond donors (Lipinski definition) is 1. The van der Waals surface area contributed by atoms with E-state index in [2.05, 4.69) is 20.5 Å². The van der Waals surface area contributed by atoms with E-state index in [4.69, 9.17) is 0 Å². The van der Waals surface area contributed by atoms with Crippen LogP contribution in [0.1, 0.15) is 15.9 Å². The summed E-state index contributed by atoms with van der Waals surface area (Å²) in [5.74, 6) is -0.148. The Labute approximate surface area is 156 Å². The number of amides is 1. The van der Waals surface area contributed by atoms with Crippen LogP contribution in [0.2, 0.25) is 0 Å². The van der Waals surface area contributed by atoms with E-state index in [-0.39, 0.29) is 5.91 Å².